The van der Waals surface area contributed by atoms with Crippen molar-refractivity contribution in [3.8, 4) is 0 Å². The van der Waals surface area contributed by atoms with Gasteiger partial charge in [-0.2, -0.15) is 0 Å². The maximum atomic E-state index is 13.4. The van der Waals surface area contributed by atoms with Gasteiger partial charge in [0.05, 0.1) is 11.7 Å². The Kier molecular flexibility index (Phi) is 5.82. The Morgan fingerprint density at radius 3 is 2.86 bits per heavy atom. The van der Waals surface area contributed by atoms with Gasteiger partial charge in [-0.1, -0.05) is 22.9 Å². The Bertz CT molecular complexity index is 604. The first-order valence-electron chi connectivity index (χ1n) is 7.07. The predicted molar refractivity (Wildman–Crippen MR) is 85.6 cm³/mol. The molecule has 3 nitrogen and oxygen atoms in total. The monoisotopic (exact) mass is 351 g/mol. The minimum absolute atomic E-state index is 0.0461. The molecule has 2 aromatic rings. The molecule has 2 rings (SSSR count). The predicted octanol–water partition coefficient (Wildman–Crippen LogP) is 3.97. The number of nitrogens with one attached hydrogen (secondary N) is 1. The van der Waals surface area contributed by atoms with Crippen molar-refractivity contribution in [1.29, 1.82) is 0 Å². The topological polar surface area (TPSA) is 37.8 Å². The Balaban J connectivity index is 2.25. The molecule has 1 heterocycles. The first-order valence-corrected chi connectivity index (χ1v) is 7.86. The number of aryl methyl sites for hydroxylation is 1. The van der Waals surface area contributed by atoms with Crippen molar-refractivity contribution in [2.75, 3.05) is 6.54 Å². The highest BCUT2D eigenvalue weighted by Gasteiger charge is 2.15. The van der Waals surface area contributed by atoms with Gasteiger partial charge in [0.15, 0.2) is 0 Å². The van der Waals surface area contributed by atoms with Gasteiger partial charge in [-0.3, -0.25) is 0 Å². The van der Waals surface area contributed by atoms with Gasteiger partial charge in [0.2, 0.25) is 0 Å². The fourth-order valence-electron chi connectivity index (χ4n) is 2.19. The molecule has 0 bridgehead atoms. The molecule has 5 heteroatoms. The third kappa shape index (κ3) is 4.58. The van der Waals surface area contributed by atoms with E-state index < -0.39 is 0 Å². The number of hydrogen-bond acceptors (Lipinski definition) is 3. The largest absolute Gasteiger partial charge is 0.308 e. The van der Waals surface area contributed by atoms with Gasteiger partial charge < -0.3 is 5.32 Å². The van der Waals surface area contributed by atoms with Crippen molar-refractivity contribution >= 4 is 15.9 Å². The lowest BCUT2D eigenvalue weighted by molar-refractivity contribution is 0.513. The van der Waals surface area contributed by atoms with E-state index >= 15 is 0 Å². The molecule has 0 radical (unpaired) electrons. The fraction of sp³-hybridized carbons (Fsp3) is 0.375. The summed E-state index contributed by atoms with van der Waals surface area (Å²) in [6.07, 6.45) is 3.47. The molecule has 1 atom stereocenters. The van der Waals surface area contributed by atoms with Crippen LogP contribution in [0.15, 0.2) is 34.9 Å². The van der Waals surface area contributed by atoms with Crippen molar-refractivity contribution in [1.82, 2.24) is 15.3 Å². The second-order valence-electron chi connectivity index (χ2n) is 4.98. The second kappa shape index (κ2) is 7.61. The Labute approximate surface area is 133 Å². The normalized spacial score (nSPS) is 12.4. The van der Waals surface area contributed by atoms with Crippen molar-refractivity contribution < 1.29 is 4.39 Å². The highest BCUT2D eigenvalue weighted by atomic mass is 79.9. The average molecular weight is 352 g/mol. The highest BCUT2D eigenvalue weighted by molar-refractivity contribution is 9.10. The lowest BCUT2D eigenvalue weighted by atomic mass is 10.0. The standard InChI is InChI=1S/C16H19BrFN3/c1-3-7-20-16(15-6-8-19-11(2)21-15)10-12-9-13(18)4-5-14(12)17/h4-6,8-9,16,20H,3,7,10H2,1-2H3. The quantitative estimate of drug-likeness (QED) is 0.855. The summed E-state index contributed by atoms with van der Waals surface area (Å²) < 4.78 is 14.4. The number of nitrogens with zero attached hydrogens (tertiary/aromatic N) is 2. The molecule has 112 valence electrons. The van der Waals surface area contributed by atoms with Crippen LogP contribution in [0.25, 0.3) is 0 Å². The van der Waals surface area contributed by atoms with E-state index in [9.17, 15) is 4.39 Å². The molecule has 0 aliphatic heterocycles. The Hall–Kier alpha value is -1.33. The number of halogens is 2. The van der Waals surface area contributed by atoms with Crippen LogP contribution >= 0.6 is 15.9 Å². The molecule has 0 aliphatic carbocycles. The SMILES string of the molecule is CCCNC(Cc1cc(F)ccc1Br)c1ccnc(C)n1. The zero-order valence-electron chi connectivity index (χ0n) is 12.2. The summed E-state index contributed by atoms with van der Waals surface area (Å²) in [6.45, 7) is 4.88. The first-order chi connectivity index (χ1) is 10.1. The zero-order valence-corrected chi connectivity index (χ0v) is 13.8. The molecular weight excluding hydrogens is 333 g/mol. The maximum Gasteiger partial charge on any atom is 0.125 e. The molecular formula is C16H19BrFN3. The van der Waals surface area contributed by atoms with Crippen LogP contribution in [0.1, 0.15) is 36.5 Å². The van der Waals surface area contributed by atoms with Gasteiger partial charge >= 0.3 is 0 Å². The molecule has 0 amide bonds. The number of benzene rings is 1. The van der Waals surface area contributed by atoms with Gasteiger partial charge in [-0.25, -0.2) is 14.4 Å². The second-order valence-corrected chi connectivity index (χ2v) is 5.83. The van der Waals surface area contributed by atoms with Crippen LogP contribution in [0.3, 0.4) is 0 Å². The minimum atomic E-state index is -0.221. The van der Waals surface area contributed by atoms with Gasteiger partial charge in [-0.15, -0.1) is 0 Å². The summed E-state index contributed by atoms with van der Waals surface area (Å²) in [6, 6.07) is 6.72. The van der Waals surface area contributed by atoms with Gasteiger partial charge in [0.25, 0.3) is 0 Å². The number of aromatic nitrogens is 2. The first kappa shape index (κ1) is 16.0. The summed E-state index contributed by atoms with van der Waals surface area (Å²) in [5, 5.41) is 3.47. The van der Waals surface area contributed by atoms with E-state index in [0.717, 1.165) is 34.5 Å². The van der Waals surface area contributed by atoms with Crippen LogP contribution in [0, 0.1) is 12.7 Å². The van der Waals surface area contributed by atoms with Crippen LogP contribution in [0.4, 0.5) is 4.39 Å². The van der Waals surface area contributed by atoms with E-state index in [0.29, 0.717) is 6.42 Å². The summed E-state index contributed by atoms with van der Waals surface area (Å²) in [5.41, 5.74) is 1.87. The van der Waals surface area contributed by atoms with Crippen LogP contribution in [-0.2, 0) is 6.42 Å². The molecule has 0 saturated heterocycles. The van der Waals surface area contributed by atoms with E-state index in [4.69, 9.17) is 0 Å². The highest BCUT2D eigenvalue weighted by Crippen LogP contribution is 2.24. The van der Waals surface area contributed by atoms with Gasteiger partial charge in [0, 0.05) is 10.7 Å². The van der Waals surface area contributed by atoms with E-state index in [1.807, 2.05) is 13.0 Å². The van der Waals surface area contributed by atoms with Crippen LogP contribution in [-0.4, -0.2) is 16.5 Å². The van der Waals surface area contributed by atoms with Crippen LogP contribution in [0.5, 0.6) is 0 Å². The minimum Gasteiger partial charge on any atom is -0.308 e. The molecule has 21 heavy (non-hydrogen) atoms. The van der Waals surface area contributed by atoms with Crippen molar-refractivity contribution in [2.24, 2.45) is 0 Å². The van der Waals surface area contributed by atoms with Crippen LogP contribution < -0.4 is 5.32 Å². The number of hydrogen-bond donors (Lipinski definition) is 1. The maximum absolute atomic E-state index is 13.4. The van der Waals surface area contributed by atoms with E-state index in [1.54, 1.807) is 18.3 Å². The summed E-state index contributed by atoms with van der Waals surface area (Å²) in [4.78, 5) is 8.63. The third-order valence-electron chi connectivity index (χ3n) is 3.23. The molecule has 0 saturated carbocycles. The lowest BCUT2D eigenvalue weighted by Crippen LogP contribution is -2.25. The number of rotatable bonds is 6. The average Bonchev–Trinajstić information content (AvgIpc) is 2.47. The smallest absolute Gasteiger partial charge is 0.125 e. The summed E-state index contributed by atoms with van der Waals surface area (Å²) in [7, 11) is 0. The molecule has 0 spiro atoms. The van der Waals surface area contributed by atoms with Crippen LogP contribution in [0.2, 0.25) is 0 Å². The van der Waals surface area contributed by atoms with Crippen molar-refractivity contribution in [3.05, 3.63) is 57.8 Å². The molecule has 1 N–H and O–H groups in total. The fourth-order valence-corrected chi connectivity index (χ4v) is 2.60. The van der Waals surface area contributed by atoms with Crippen molar-refractivity contribution in [2.45, 2.75) is 32.7 Å². The Morgan fingerprint density at radius 2 is 2.14 bits per heavy atom. The third-order valence-corrected chi connectivity index (χ3v) is 4.00. The molecule has 1 unspecified atom stereocenters. The zero-order chi connectivity index (χ0) is 15.2. The van der Waals surface area contributed by atoms with E-state index in [-0.39, 0.29) is 11.9 Å². The molecule has 0 aliphatic rings. The summed E-state index contributed by atoms with van der Waals surface area (Å²) in [5.74, 6) is 0.524. The van der Waals surface area contributed by atoms with Gasteiger partial charge in [0.1, 0.15) is 11.6 Å². The van der Waals surface area contributed by atoms with Crippen molar-refractivity contribution in [3.63, 3.8) is 0 Å². The molecule has 1 aromatic carbocycles. The van der Waals surface area contributed by atoms with Gasteiger partial charge in [-0.05, 0) is 56.1 Å². The molecule has 0 fully saturated rings. The molecule has 1 aromatic heterocycles. The Morgan fingerprint density at radius 1 is 1.33 bits per heavy atom. The van der Waals surface area contributed by atoms with E-state index in [2.05, 4.69) is 38.1 Å². The van der Waals surface area contributed by atoms with E-state index in [1.165, 1.54) is 6.07 Å². The summed E-state index contributed by atoms with van der Waals surface area (Å²) >= 11 is 3.49. The lowest BCUT2D eigenvalue weighted by Gasteiger charge is -2.19.